The molecule has 0 fully saturated rings. The number of anilines is 6. The molecule has 0 saturated heterocycles. The standard InChI is InChI=1S/C44H44N2O3/c1-3-34(2)44(49-47)20-13-33-48-43-31-29-42(30-32-43)46(39-18-11-6-12-19-39)41-27-23-36(24-28-41)35-21-25-40(26-22-35)45(37-14-7-4-8-15-37)38-16-9-5-10-17-38/h4-12,14-19,21-32,34,44,47H,3,13,20,33H2,1-2H3. The summed E-state index contributed by atoms with van der Waals surface area (Å²) >= 11 is 0. The third-order valence-electron chi connectivity index (χ3n) is 9.04. The highest BCUT2D eigenvalue weighted by molar-refractivity contribution is 5.80. The molecule has 0 aliphatic heterocycles. The molecule has 0 saturated carbocycles. The van der Waals surface area contributed by atoms with Crippen molar-refractivity contribution in [2.24, 2.45) is 5.92 Å². The van der Waals surface area contributed by atoms with Crippen LogP contribution in [0.15, 0.2) is 164 Å². The van der Waals surface area contributed by atoms with Crippen LogP contribution in [-0.4, -0.2) is 18.0 Å². The van der Waals surface area contributed by atoms with E-state index in [0.717, 1.165) is 70.3 Å². The van der Waals surface area contributed by atoms with E-state index in [9.17, 15) is 5.26 Å². The van der Waals surface area contributed by atoms with Crippen LogP contribution in [-0.2, 0) is 4.89 Å². The molecule has 0 radical (unpaired) electrons. The lowest BCUT2D eigenvalue weighted by molar-refractivity contribution is -0.290. The molecule has 2 atom stereocenters. The number of rotatable bonds is 15. The van der Waals surface area contributed by atoms with Crippen molar-refractivity contribution < 1.29 is 14.9 Å². The molecule has 0 spiro atoms. The zero-order valence-corrected chi connectivity index (χ0v) is 28.2. The molecule has 0 heterocycles. The van der Waals surface area contributed by atoms with Crippen molar-refractivity contribution in [2.45, 2.75) is 39.2 Å². The van der Waals surface area contributed by atoms with Gasteiger partial charge in [-0.1, -0.05) is 99.1 Å². The van der Waals surface area contributed by atoms with Crippen LogP contribution in [0.3, 0.4) is 0 Å². The third-order valence-corrected chi connectivity index (χ3v) is 9.04. The number of ether oxygens (including phenoxy) is 1. The molecule has 248 valence electrons. The van der Waals surface area contributed by atoms with Crippen LogP contribution in [0.4, 0.5) is 34.1 Å². The Hall–Kier alpha value is -5.36. The third kappa shape index (κ3) is 8.39. The minimum atomic E-state index is -0.161. The Morgan fingerprint density at radius 1 is 0.510 bits per heavy atom. The fraction of sp³-hybridized carbons (Fsp3) is 0.182. The Bertz CT molecular complexity index is 1790. The maximum atomic E-state index is 9.24. The maximum absolute atomic E-state index is 9.24. The van der Waals surface area contributed by atoms with Crippen molar-refractivity contribution in [3.63, 3.8) is 0 Å². The second kappa shape index (κ2) is 16.6. The number of para-hydroxylation sites is 3. The maximum Gasteiger partial charge on any atom is 0.119 e. The summed E-state index contributed by atoms with van der Waals surface area (Å²) in [5.41, 5.74) is 8.85. The molecule has 0 bridgehead atoms. The van der Waals surface area contributed by atoms with Gasteiger partial charge in [-0.05, 0) is 115 Å². The average Bonchev–Trinajstić information content (AvgIpc) is 3.17. The van der Waals surface area contributed by atoms with Gasteiger partial charge in [0.1, 0.15) is 5.75 Å². The van der Waals surface area contributed by atoms with Gasteiger partial charge in [-0.15, -0.1) is 0 Å². The summed E-state index contributed by atoms with van der Waals surface area (Å²) in [5.74, 6) is 1.12. The SMILES string of the molecule is CCC(C)C(CCCOc1ccc(N(c2ccccc2)c2ccc(-c3ccc(N(c4ccccc4)c4ccccc4)cc3)cc2)cc1)OO. The molecule has 0 aliphatic rings. The number of hydrogen-bond acceptors (Lipinski definition) is 5. The number of nitrogens with zero attached hydrogens (tertiary/aromatic N) is 2. The first kappa shape index (κ1) is 33.5. The molecular weight excluding hydrogens is 604 g/mol. The van der Waals surface area contributed by atoms with Crippen molar-refractivity contribution in [1.29, 1.82) is 0 Å². The quantitative estimate of drug-likeness (QED) is 0.0682. The highest BCUT2D eigenvalue weighted by Gasteiger charge is 2.17. The molecule has 0 aromatic heterocycles. The van der Waals surface area contributed by atoms with Crippen LogP contribution in [0, 0.1) is 5.92 Å². The summed E-state index contributed by atoms with van der Waals surface area (Å²) in [7, 11) is 0. The zero-order chi connectivity index (χ0) is 33.8. The van der Waals surface area contributed by atoms with Gasteiger partial charge in [0, 0.05) is 34.1 Å². The highest BCUT2D eigenvalue weighted by Crippen LogP contribution is 2.38. The fourth-order valence-electron chi connectivity index (χ4n) is 6.10. The van der Waals surface area contributed by atoms with Crippen molar-refractivity contribution in [1.82, 2.24) is 0 Å². The largest absolute Gasteiger partial charge is 0.494 e. The van der Waals surface area contributed by atoms with Crippen LogP contribution in [0.2, 0.25) is 0 Å². The lowest BCUT2D eigenvalue weighted by Crippen LogP contribution is -2.20. The van der Waals surface area contributed by atoms with E-state index in [0.29, 0.717) is 12.5 Å². The Morgan fingerprint density at radius 3 is 1.24 bits per heavy atom. The summed E-state index contributed by atoms with van der Waals surface area (Å²) in [6.45, 7) is 4.76. The Labute approximate surface area is 290 Å². The van der Waals surface area contributed by atoms with Gasteiger partial charge in [-0.25, -0.2) is 4.89 Å². The smallest absolute Gasteiger partial charge is 0.119 e. The summed E-state index contributed by atoms with van der Waals surface area (Å²) in [5, 5.41) is 9.24. The molecule has 0 amide bonds. The van der Waals surface area contributed by atoms with Gasteiger partial charge in [-0.2, -0.15) is 0 Å². The number of hydrogen-bond donors (Lipinski definition) is 1. The molecule has 5 heteroatoms. The van der Waals surface area contributed by atoms with E-state index in [2.05, 4.69) is 157 Å². The number of benzene rings is 6. The van der Waals surface area contributed by atoms with Crippen molar-refractivity contribution in [3.05, 3.63) is 164 Å². The van der Waals surface area contributed by atoms with Crippen molar-refractivity contribution >= 4 is 34.1 Å². The molecule has 6 aromatic carbocycles. The van der Waals surface area contributed by atoms with Gasteiger partial charge in [-0.3, -0.25) is 5.26 Å². The molecular formula is C44H44N2O3. The summed E-state index contributed by atoms with van der Waals surface area (Å²) < 4.78 is 6.04. The normalized spacial score (nSPS) is 12.2. The van der Waals surface area contributed by atoms with Crippen LogP contribution in [0.1, 0.15) is 33.1 Å². The van der Waals surface area contributed by atoms with Gasteiger partial charge in [0.15, 0.2) is 0 Å². The van der Waals surface area contributed by atoms with Crippen molar-refractivity contribution in [2.75, 3.05) is 16.4 Å². The van der Waals surface area contributed by atoms with Crippen LogP contribution >= 0.6 is 0 Å². The van der Waals surface area contributed by atoms with Gasteiger partial charge in [0.05, 0.1) is 12.7 Å². The van der Waals surface area contributed by atoms with Gasteiger partial charge < -0.3 is 14.5 Å². The first-order valence-electron chi connectivity index (χ1n) is 17.1. The highest BCUT2D eigenvalue weighted by atomic mass is 17.1. The zero-order valence-electron chi connectivity index (χ0n) is 28.2. The molecule has 49 heavy (non-hydrogen) atoms. The molecule has 1 N–H and O–H groups in total. The first-order chi connectivity index (χ1) is 24.1. The first-order valence-corrected chi connectivity index (χ1v) is 17.1. The molecule has 6 rings (SSSR count). The second-order valence-electron chi connectivity index (χ2n) is 12.3. The summed E-state index contributed by atoms with van der Waals surface area (Å²) in [6, 6.07) is 57.1. The van der Waals surface area contributed by atoms with Crippen LogP contribution in [0.5, 0.6) is 5.75 Å². The monoisotopic (exact) mass is 648 g/mol. The van der Waals surface area contributed by atoms with E-state index in [1.807, 2.05) is 30.3 Å². The Morgan fingerprint density at radius 2 is 0.878 bits per heavy atom. The summed E-state index contributed by atoms with van der Waals surface area (Å²) in [6.07, 6.45) is 2.36. The van der Waals surface area contributed by atoms with Crippen LogP contribution in [0.25, 0.3) is 11.1 Å². The second-order valence-corrected chi connectivity index (χ2v) is 12.3. The molecule has 2 unspecified atom stereocenters. The van der Waals surface area contributed by atoms with E-state index < -0.39 is 0 Å². The Kier molecular flexibility index (Phi) is 11.4. The lowest BCUT2D eigenvalue weighted by Gasteiger charge is -2.26. The summed E-state index contributed by atoms with van der Waals surface area (Å²) in [4.78, 5) is 9.22. The minimum absolute atomic E-state index is 0.161. The van der Waals surface area contributed by atoms with E-state index in [1.54, 1.807) is 0 Å². The topological polar surface area (TPSA) is 45.2 Å². The van der Waals surface area contributed by atoms with Crippen molar-refractivity contribution in [3.8, 4) is 16.9 Å². The molecule has 0 aliphatic carbocycles. The van der Waals surface area contributed by atoms with E-state index in [-0.39, 0.29) is 6.10 Å². The van der Waals surface area contributed by atoms with Crippen LogP contribution < -0.4 is 14.5 Å². The average molecular weight is 649 g/mol. The lowest BCUT2D eigenvalue weighted by atomic mass is 9.98. The van der Waals surface area contributed by atoms with Gasteiger partial charge in [0.25, 0.3) is 0 Å². The van der Waals surface area contributed by atoms with E-state index in [1.165, 1.54) is 0 Å². The molecule has 6 aromatic rings. The predicted octanol–water partition coefficient (Wildman–Crippen LogP) is 12.4. The van der Waals surface area contributed by atoms with Gasteiger partial charge >= 0.3 is 0 Å². The Balaban J connectivity index is 1.18. The van der Waals surface area contributed by atoms with Gasteiger partial charge in [0.2, 0.25) is 0 Å². The molecule has 5 nitrogen and oxygen atoms in total. The predicted molar refractivity (Wildman–Crippen MR) is 203 cm³/mol. The van der Waals surface area contributed by atoms with E-state index >= 15 is 0 Å². The minimum Gasteiger partial charge on any atom is -0.494 e. The van der Waals surface area contributed by atoms with E-state index in [4.69, 9.17) is 9.62 Å². The fourth-order valence-corrected chi connectivity index (χ4v) is 6.10.